The molecule has 0 amide bonds. The van der Waals surface area contributed by atoms with Crippen molar-refractivity contribution in [2.45, 2.75) is 47.0 Å². The van der Waals surface area contributed by atoms with Crippen LogP contribution in [0.5, 0.6) is 0 Å². The Morgan fingerprint density at radius 2 is 0.960 bits per heavy atom. The lowest BCUT2D eigenvalue weighted by molar-refractivity contribution is 0.593. The molecule has 0 spiro atoms. The van der Waals surface area contributed by atoms with Crippen LogP contribution in [0, 0.1) is 20.8 Å². The van der Waals surface area contributed by atoms with Crippen LogP contribution in [-0.2, 0) is 5.41 Å². The largest absolute Gasteiger partial charge is 0.0632 e. The van der Waals surface area contributed by atoms with Crippen molar-refractivity contribution in [3.05, 3.63) is 82.7 Å². The van der Waals surface area contributed by atoms with Gasteiger partial charge in [-0.2, -0.15) is 0 Å². The first-order valence-electron chi connectivity index (χ1n) is 13.2. The van der Waals surface area contributed by atoms with Gasteiger partial charge < -0.3 is 0 Å². The maximum absolute atomic E-state index is 8.89. The molecule has 0 saturated carbocycles. The average molecular weight is 339 g/mol. The molecular weight excluding hydrogens is 300 g/mol. The lowest BCUT2D eigenvalue weighted by Crippen LogP contribution is -2.15. The van der Waals surface area contributed by atoms with Gasteiger partial charge in [0.1, 0.15) is 0 Å². The molecule has 0 nitrogen and oxygen atoms in total. The Labute approximate surface area is 166 Å². The van der Waals surface area contributed by atoms with Gasteiger partial charge in [0.05, 0.1) is 13.7 Å². The van der Waals surface area contributed by atoms with Crippen molar-refractivity contribution in [2.24, 2.45) is 0 Å². The molecular formula is C25H28. The molecule has 0 N–H and O–H groups in total. The second-order valence-electron chi connectivity index (χ2n) is 7.25. The fourth-order valence-electron chi connectivity index (χ4n) is 2.78. The summed E-state index contributed by atoms with van der Waals surface area (Å²) < 4.78 is 85.6. The molecule has 128 valence electrons. The van der Waals surface area contributed by atoms with E-state index in [4.69, 9.17) is 13.7 Å². The Morgan fingerprint density at radius 3 is 1.28 bits per heavy atom. The van der Waals surface area contributed by atoms with E-state index in [-0.39, 0.29) is 99.4 Å². The standard InChI is InChI=1S/C25H28/c1-17-7-11-20(12-8-17)22-15-19(3)16-23(24(22)25(4,5)6)21-13-9-18(2)10-14-21/h7-16H,1-6H3/i7D,8D,9D,10D,11D,12D,13D,14D,15D,16D. The molecule has 0 unspecified atom stereocenters. The van der Waals surface area contributed by atoms with Crippen molar-refractivity contribution in [1.82, 2.24) is 0 Å². The van der Waals surface area contributed by atoms with Crippen molar-refractivity contribution in [1.29, 1.82) is 0 Å². The Bertz CT molecular complexity index is 1240. The summed E-state index contributed by atoms with van der Waals surface area (Å²) in [7, 11) is 0. The van der Waals surface area contributed by atoms with E-state index < -0.39 is 5.41 Å². The second kappa shape index (κ2) is 6.52. The minimum atomic E-state index is -0.827. The second-order valence-corrected chi connectivity index (χ2v) is 7.25. The Kier molecular flexibility index (Phi) is 2.31. The van der Waals surface area contributed by atoms with Gasteiger partial charge in [-0.15, -0.1) is 0 Å². The van der Waals surface area contributed by atoms with Gasteiger partial charge in [-0.1, -0.05) is 92.3 Å². The first-order chi connectivity index (χ1) is 16.0. The van der Waals surface area contributed by atoms with E-state index in [1.807, 2.05) is 0 Å². The smallest absolute Gasteiger partial charge is 0.0587 e. The van der Waals surface area contributed by atoms with Crippen LogP contribution in [0.4, 0.5) is 0 Å². The van der Waals surface area contributed by atoms with E-state index in [9.17, 15) is 0 Å². The van der Waals surface area contributed by atoms with Crippen LogP contribution in [0.2, 0.25) is 0 Å². The van der Waals surface area contributed by atoms with Gasteiger partial charge in [0.2, 0.25) is 0 Å². The van der Waals surface area contributed by atoms with Gasteiger partial charge in [0, 0.05) is 0 Å². The van der Waals surface area contributed by atoms with Crippen LogP contribution in [0.3, 0.4) is 0 Å². The summed E-state index contributed by atoms with van der Waals surface area (Å²) in [5.41, 5.74) is 0.0851. The SMILES string of the molecule is [2H]c1c([2H])c(-c2c([2H])c(C)c([2H])c(-c3c([2H])c([2H])c(C)c([2H])c3[2H])c2C(C)(C)C)c([2H])c([2H])c1C. The van der Waals surface area contributed by atoms with Crippen molar-refractivity contribution in [3.8, 4) is 22.3 Å². The topological polar surface area (TPSA) is 0 Å². The number of hydrogen-bond acceptors (Lipinski definition) is 0. The van der Waals surface area contributed by atoms with Crippen molar-refractivity contribution in [2.75, 3.05) is 0 Å². The van der Waals surface area contributed by atoms with Gasteiger partial charge in [0.15, 0.2) is 0 Å². The first kappa shape index (κ1) is 8.85. The van der Waals surface area contributed by atoms with Crippen molar-refractivity contribution >= 4 is 0 Å². The third kappa shape index (κ3) is 3.69. The molecule has 0 heteroatoms. The van der Waals surface area contributed by atoms with Crippen LogP contribution < -0.4 is 0 Å². The van der Waals surface area contributed by atoms with Gasteiger partial charge in [-0.25, -0.2) is 0 Å². The van der Waals surface area contributed by atoms with E-state index in [1.165, 1.54) is 20.8 Å². The fourth-order valence-corrected chi connectivity index (χ4v) is 2.78. The van der Waals surface area contributed by atoms with Crippen LogP contribution in [0.25, 0.3) is 22.3 Å². The van der Waals surface area contributed by atoms with Crippen LogP contribution in [-0.4, -0.2) is 0 Å². The fraction of sp³-hybridized carbons (Fsp3) is 0.280. The molecule has 0 fully saturated rings. The van der Waals surface area contributed by atoms with E-state index in [1.54, 1.807) is 20.8 Å². The van der Waals surface area contributed by atoms with Gasteiger partial charge >= 0.3 is 0 Å². The molecule has 25 heavy (non-hydrogen) atoms. The molecule has 3 aromatic carbocycles. The predicted octanol–water partition coefficient (Wildman–Crippen LogP) is 7.24. The minimum absolute atomic E-state index is 0.0766. The molecule has 0 radical (unpaired) electrons. The minimum Gasteiger partial charge on any atom is -0.0587 e. The quantitative estimate of drug-likeness (QED) is 0.462. The zero-order valence-corrected chi connectivity index (χ0v) is 15.5. The monoisotopic (exact) mass is 338 g/mol. The zero-order valence-electron chi connectivity index (χ0n) is 25.5. The molecule has 3 aromatic rings. The Balaban J connectivity index is 2.75. The lowest BCUT2D eigenvalue weighted by Gasteiger charge is -2.28. The highest BCUT2D eigenvalue weighted by molar-refractivity contribution is 5.81. The summed E-state index contributed by atoms with van der Waals surface area (Å²) in [5, 5.41) is 0. The average Bonchev–Trinajstić information content (AvgIpc) is 2.79. The van der Waals surface area contributed by atoms with Crippen LogP contribution in [0.1, 0.15) is 56.7 Å². The highest BCUT2D eigenvalue weighted by Crippen LogP contribution is 2.41. The molecule has 0 heterocycles. The maximum atomic E-state index is 8.89. The zero-order chi connectivity index (χ0) is 26.9. The Morgan fingerprint density at radius 1 is 0.600 bits per heavy atom. The van der Waals surface area contributed by atoms with E-state index >= 15 is 0 Å². The summed E-state index contributed by atoms with van der Waals surface area (Å²) in [6.45, 7) is 9.93. The maximum Gasteiger partial charge on any atom is 0.0632 e. The van der Waals surface area contributed by atoms with Crippen LogP contribution in [0.15, 0.2) is 60.4 Å². The number of benzene rings is 3. The van der Waals surface area contributed by atoms with E-state index in [2.05, 4.69) is 0 Å². The van der Waals surface area contributed by atoms with Crippen molar-refractivity contribution < 1.29 is 13.7 Å². The molecule has 0 aliphatic rings. The lowest BCUT2D eigenvalue weighted by atomic mass is 9.76. The Hall–Kier alpha value is -2.34. The van der Waals surface area contributed by atoms with Gasteiger partial charge in [-0.3, -0.25) is 0 Å². The van der Waals surface area contributed by atoms with Gasteiger partial charge in [0.25, 0.3) is 0 Å². The van der Waals surface area contributed by atoms with Crippen molar-refractivity contribution in [3.63, 3.8) is 0 Å². The molecule has 0 aromatic heterocycles. The summed E-state index contributed by atoms with van der Waals surface area (Å²) in [6, 6.07) is -2.41. The molecule has 0 atom stereocenters. The summed E-state index contributed by atoms with van der Waals surface area (Å²) >= 11 is 0. The molecule has 0 bridgehead atoms. The number of hydrogen-bond donors (Lipinski definition) is 0. The summed E-state index contributed by atoms with van der Waals surface area (Å²) in [5.74, 6) is 0. The molecule has 0 saturated heterocycles. The highest BCUT2D eigenvalue weighted by Gasteiger charge is 2.23. The third-order valence-electron chi connectivity index (χ3n) is 3.88. The molecule has 0 aliphatic carbocycles. The van der Waals surface area contributed by atoms with Crippen LogP contribution >= 0.6 is 0 Å². The first-order valence-corrected chi connectivity index (χ1v) is 8.25. The third-order valence-corrected chi connectivity index (χ3v) is 3.88. The molecule has 0 aliphatic heterocycles. The molecule has 3 rings (SSSR count). The van der Waals surface area contributed by atoms with E-state index in [0.717, 1.165) is 0 Å². The summed E-state index contributed by atoms with van der Waals surface area (Å²) in [4.78, 5) is 0. The predicted molar refractivity (Wildman–Crippen MR) is 110 cm³/mol. The highest BCUT2D eigenvalue weighted by atomic mass is 14.3. The number of rotatable bonds is 2. The van der Waals surface area contributed by atoms with E-state index in [0.29, 0.717) is 5.56 Å². The van der Waals surface area contributed by atoms with Gasteiger partial charge in [-0.05, 0) is 59.6 Å². The normalized spacial score (nSPS) is 17.2. The summed E-state index contributed by atoms with van der Waals surface area (Å²) in [6.07, 6.45) is 0.